The van der Waals surface area contributed by atoms with E-state index in [1.54, 1.807) is 0 Å². The van der Waals surface area contributed by atoms with Gasteiger partial charge in [-0.3, -0.25) is 4.79 Å². The third kappa shape index (κ3) is 4.05. The molecular formula is C20H17ClN2O9. The molecule has 12 heteroatoms. The number of aromatic hydroxyl groups is 2. The number of aromatic nitrogens is 1. The quantitative estimate of drug-likeness (QED) is 0.408. The molecule has 3 rings (SSSR count). The Kier molecular flexibility index (Phi) is 6.30. The van der Waals surface area contributed by atoms with Crippen LogP contribution in [0, 0.1) is 0 Å². The monoisotopic (exact) mass is 464 g/mol. The van der Waals surface area contributed by atoms with Crippen LogP contribution in [-0.4, -0.2) is 53.7 Å². The smallest absolute Gasteiger partial charge is 0.360 e. The lowest BCUT2D eigenvalue weighted by molar-refractivity contribution is 0.0687. The summed E-state index contributed by atoms with van der Waals surface area (Å²) in [6, 6.07) is 4.79. The first kappa shape index (κ1) is 22.6. The molecule has 1 aromatic heterocycles. The Hall–Kier alpha value is -4.12. The van der Waals surface area contributed by atoms with Gasteiger partial charge in [0, 0.05) is 11.6 Å². The fraction of sp³-hybridized carbons (Fsp3) is 0.150. The lowest BCUT2D eigenvalue weighted by Crippen LogP contribution is -2.15. The lowest BCUT2D eigenvalue weighted by Gasteiger charge is -2.14. The summed E-state index contributed by atoms with van der Waals surface area (Å²) in [4.78, 5) is 24.6. The Morgan fingerprint density at radius 1 is 1.00 bits per heavy atom. The van der Waals surface area contributed by atoms with Gasteiger partial charge in [-0.05, 0) is 18.2 Å². The number of hydrogen-bond acceptors (Lipinski definition) is 9. The number of carboxylic acids is 1. The second-order valence-electron chi connectivity index (χ2n) is 6.23. The largest absolute Gasteiger partial charge is 0.507 e. The normalized spacial score (nSPS) is 10.5. The Bertz CT molecular complexity index is 1180. The van der Waals surface area contributed by atoms with Crippen LogP contribution in [0.15, 0.2) is 28.8 Å². The highest BCUT2D eigenvalue weighted by Gasteiger charge is 2.28. The Balaban J connectivity index is 2.10. The number of amides is 1. The van der Waals surface area contributed by atoms with E-state index in [0.717, 1.165) is 12.1 Å². The van der Waals surface area contributed by atoms with Crippen LogP contribution >= 0.6 is 11.6 Å². The molecule has 0 unspecified atom stereocenters. The summed E-state index contributed by atoms with van der Waals surface area (Å²) in [5, 5.41) is 35.0. The van der Waals surface area contributed by atoms with Gasteiger partial charge in [0.2, 0.25) is 11.4 Å². The number of rotatable bonds is 7. The van der Waals surface area contributed by atoms with Gasteiger partial charge in [0.15, 0.2) is 17.3 Å². The van der Waals surface area contributed by atoms with Gasteiger partial charge in [0.25, 0.3) is 5.91 Å². The number of methoxy groups -OCH3 is 3. The van der Waals surface area contributed by atoms with E-state index in [-0.39, 0.29) is 44.8 Å². The van der Waals surface area contributed by atoms with E-state index in [4.69, 9.17) is 30.3 Å². The summed E-state index contributed by atoms with van der Waals surface area (Å²) in [6.45, 7) is 0. The molecule has 0 aliphatic carbocycles. The van der Waals surface area contributed by atoms with Crippen LogP contribution in [0.3, 0.4) is 0 Å². The van der Waals surface area contributed by atoms with E-state index in [9.17, 15) is 24.9 Å². The molecule has 4 N–H and O–H groups in total. The fourth-order valence-electron chi connectivity index (χ4n) is 2.87. The van der Waals surface area contributed by atoms with Gasteiger partial charge in [0.1, 0.15) is 17.2 Å². The number of anilines is 1. The van der Waals surface area contributed by atoms with Crippen LogP contribution in [0.1, 0.15) is 20.8 Å². The maximum absolute atomic E-state index is 13.0. The number of ether oxygens (including phenoxy) is 3. The number of nitrogens with zero attached hydrogens (tertiary/aromatic N) is 1. The lowest BCUT2D eigenvalue weighted by atomic mass is 10.1. The second kappa shape index (κ2) is 8.94. The SMILES string of the molecule is COc1cc(C(=O)Nc2c(C(=O)O)noc2-c2cc(Cl)c(O)cc2O)cc(OC)c1OC. The summed E-state index contributed by atoms with van der Waals surface area (Å²) in [5.41, 5.74) is -1.03. The van der Waals surface area contributed by atoms with E-state index >= 15 is 0 Å². The number of halogens is 1. The average molecular weight is 465 g/mol. The zero-order chi connectivity index (χ0) is 23.6. The molecule has 1 heterocycles. The van der Waals surface area contributed by atoms with E-state index in [1.807, 2.05) is 0 Å². The van der Waals surface area contributed by atoms with Crippen molar-refractivity contribution in [3.8, 4) is 40.1 Å². The molecule has 11 nitrogen and oxygen atoms in total. The summed E-state index contributed by atoms with van der Waals surface area (Å²) >= 11 is 5.89. The standard InChI is InChI=1S/C20H17ClN2O9/c1-29-13-4-8(5-14(30-2)18(13)31-3)19(26)22-15-16(20(27)28)23-32-17(15)9-6-10(21)12(25)7-11(9)24/h4-7,24-25H,1-3H3,(H,22,26)(H,27,28). The Labute approximate surface area is 185 Å². The maximum Gasteiger partial charge on any atom is 0.360 e. The highest BCUT2D eigenvalue weighted by atomic mass is 35.5. The number of nitrogens with one attached hydrogen (secondary N) is 1. The Morgan fingerprint density at radius 2 is 1.62 bits per heavy atom. The van der Waals surface area contributed by atoms with Crippen LogP contribution in [0.4, 0.5) is 5.69 Å². The minimum atomic E-state index is -1.50. The van der Waals surface area contributed by atoms with Gasteiger partial charge in [-0.1, -0.05) is 16.8 Å². The van der Waals surface area contributed by atoms with E-state index in [2.05, 4.69) is 10.5 Å². The molecule has 0 aliphatic heterocycles. The minimum absolute atomic E-state index is 0.0379. The first-order valence-electron chi connectivity index (χ1n) is 8.77. The molecule has 0 spiro atoms. The zero-order valence-electron chi connectivity index (χ0n) is 16.9. The molecule has 1 amide bonds. The third-order valence-electron chi connectivity index (χ3n) is 4.37. The van der Waals surface area contributed by atoms with Crippen molar-refractivity contribution >= 4 is 29.2 Å². The van der Waals surface area contributed by atoms with Crippen LogP contribution in [0.5, 0.6) is 28.7 Å². The van der Waals surface area contributed by atoms with Crippen LogP contribution in [0.2, 0.25) is 5.02 Å². The van der Waals surface area contributed by atoms with Crippen molar-refractivity contribution in [3.05, 3.63) is 40.5 Å². The number of carbonyl (C=O) groups excluding carboxylic acids is 1. The molecule has 0 atom stereocenters. The van der Waals surface area contributed by atoms with Crippen molar-refractivity contribution in [1.29, 1.82) is 0 Å². The van der Waals surface area contributed by atoms with E-state index in [0.29, 0.717) is 0 Å². The summed E-state index contributed by atoms with van der Waals surface area (Å²) in [7, 11) is 4.14. The highest BCUT2D eigenvalue weighted by molar-refractivity contribution is 6.32. The van der Waals surface area contributed by atoms with Crippen LogP contribution < -0.4 is 19.5 Å². The maximum atomic E-state index is 13.0. The van der Waals surface area contributed by atoms with Gasteiger partial charge in [-0.2, -0.15) is 0 Å². The summed E-state index contributed by atoms with van der Waals surface area (Å²) < 4.78 is 20.7. The minimum Gasteiger partial charge on any atom is -0.507 e. The van der Waals surface area contributed by atoms with Gasteiger partial charge in [-0.25, -0.2) is 4.79 Å². The van der Waals surface area contributed by atoms with Gasteiger partial charge < -0.3 is 39.4 Å². The number of phenolic OH excluding ortho intramolecular Hbond substituents is 2. The van der Waals surface area contributed by atoms with Crippen LogP contribution in [0.25, 0.3) is 11.3 Å². The molecule has 0 aliphatic rings. The van der Waals surface area contributed by atoms with Crippen molar-refractivity contribution in [3.63, 3.8) is 0 Å². The number of aromatic carboxylic acids is 1. The molecule has 168 valence electrons. The molecule has 0 saturated heterocycles. The number of carbonyl (C=O) groups is 2. The van der Waals surface area contributed by atoms with Crippen molar-refractivity contribution < 1.29 is 43.6 Å². The first-order valence-corrected chi connectivity index (χ1v) is 9.15. The second-order valence-corrected chi connectivity index (χ2v) is 6.64. The number of phenols is 2. The summed E-state index contributed by atoms with van der Waals surface area (Å²) in [6.07, 6.45) is 0. The topological polar surface area (TPSA) is 161 Å². The predicted octanol–water partition coefficient (Wildman–Crippen LogP) is 3.38. The highest BCUT2D eigenvalue weighted by Crippen LogP contribution is 2.42. The predicted molar refractivity (Wildman–Crippen MR) is 111 cm³/mol. The molecule has 3 aromatic rings. The van der Waals surface area contributed by atoms with Crippen molar-refractivity contribution in [2.45, 2.75) is 0 Å². The van der Waals surface area contributed by atoms with Gasteiger partial charge >= 0.3 is 5.97 Å². The van der Waals surface area contributed by atoms with Gasteiger partial charge in [0.05, 0.1) is 31.9 Å². The molecule has 0 saturated carbocycles. The molecule has 2 aromatic carbocycles. The van der Waals surface area contributed by atoms with Crippen molar-refractivity contribution in [1.82, 2.24) is 5.16 Å². The zero-order valence-corrected chi connectivity index (χ0v) is 17.7. The number of benzene rings is 2. The Morgan fingerprint density at radius 3 is 2.16 bits per heavy atom. The molecule has 0 fully saturated rings. The van der Waals surface area contributed by atoms with Crippen molar-refractivity contribution in [2.24, 2.45) is 0 Å². The fourth-order valence-corrected chi connectivity index (χ4v) is 3.03. The third-order valence-corrected chi connectivity index (χ3v) is 4.67. The molecule has 0 bridgehead atoms. The molecule has 0 radical (unpaired) electrons. The van der Waals surface area contributed by atoms with E-state index < -0.39 is 29.1 Å². The average Bonchev–Trinajstić information content (AvgIpc) is 3.18. The number of carboxylic acid groups (broad SMARTS) is 1. The van der Waals surface area contributed by atoms with Crippen molar-refractivity contribution in [2.75, 3.05) is 26.6 Å². The molecular weight excluding hydrogens is 448 g/mol. The van der Waals surface area contributed by atoms with Gasteiger partial charge in [-0.15, -0.1) is 0 Å². The van der Waals surface area contributed by atoms with E-state index in [1.165, 1.54) is 33.5 Å². The number of hydrogen-bond donors (Lipinski definition) is 4. The summed E-state index contributed by atoms with van der Waals surface area (Å²) in [5.74, 6) is -2.79. The first-order chi connectivity index (χ1) is 15.2. The molecule has 32 heavy (non-hydrogen) atoms. The van der Waals surface area contributed by atoms with Crippen LogP contribution in [-0.2, 0) is 0 Å².